The molecule has 0 aliphatic carbocycles. The third-order valence-corrected chi connectivity index (χ3v) is 4.21. The summed E-state index contributed by atoms with van der Waals surface area (Å²) in [5.74, 6) is 1.13. The van der Waals surface area contributed by atoms with Crippen LogP contribution >= 0.6 is 0 Å². The fraction of sp³-hybridized carbons (Fsp3) is 0.438. The molecule has 1 fully saturated rings. The molecule has 116 valence electrons. The molecular formula is C16H21N5O. The van der Waals surface area contributed by atoms with Crippen molar-refractivity contribution in [3.63, 3.8) is 0 Å². The standard InChI is InChI=1S/C16H21N5O/c1-20-10-11-21(12-14(20)16-18-8-9-19-16)15(22)3-2-13-4-6-17-7-5-13/h4-9,14H,2-3,10-12H2,1H3,(H,18,19)/t14-/m0/s1. The molecule has 1 saturated heterocycles. The summed E-state index contributed by atoms with van der Waals surface area (Å²) in [4.78, 5) is 28.1. The largest absolute Gasteiger partial charge is 0.347 e. The lowest BCUT2D eigenvalue weighted by atomic mass is 10.1. The number of carbonyl (C=O) groups excluding carboxylic acids is 1. The molecule has 1 atom stereocenters. The predicted octanol–water partition coefficient (Wildman–Crippen LogP) is 1.25. The van der Waals surface area contributed by atoms with Crippen molar-refractivity contribution < 1.29 is 4.79 Å². The van der Waals surface area contributed by atoms with Crippen LogP contribution in [-0.2, 0) is 11.2 Å². The van der Waals surface area contributed by atoms with Crippen LogP contribution in [0.15, 0.2) is 36.9 Å². The fourth-order valence-corrected chi connectivity index (χ4v) is 2.81. The van der Waals surface area contributed by atoms with E-state index in [4.69, 9.17) is 0 Å². The summed E-state index contributed by atoms with van der Waals surface area (Å²) < 4.78 is 0. The highest BCUT2D eigenvalue weighted by atomic mass is 16.2. The maximum atomic E-state index is 12.5. The van der Waals surface area contributed by atoms with Gasteiger partial charge in [-0.3, -0.25) is 14.7 Å². The van der Waals surface area contributed by atoms with Gasteiger partial charge in [0.1, 0.15) is 5.82 Å². The highest BCUT2D eigenvalue weighted by Gasteiger charge is 2.29. The molecule has 0 bridgehead atoms. The number of aromatic amines is 1. The van der Waals surface area contributed by atoms with E-state index < -0.39 is 0 Å². The summed E-state index contributed by atoms with van der Waals surface area (Å²) in [6, 6.07) is 4.07. The molecule has 3 rings (SSSR count). The lowest BCUT2D eigenvalue weighted by molar-refractivity contribution is -0.134. The number of H-pyrrole nitrogens is 1. The SMILES string of the molecule is CN1CCN(C(=O)CCc2ccncc2)C[C@H]1c1ncc[nH]1. The molecule has 2 aromatic heterocycles. The first-order valence-electron chi connectivity index (χ1n) is 7.60. The van der Waals surface area contributed by atoms with Crippen LogP contribution < -0.4 is 0 Å². The normalized spacial score (nSPS) is 19.3. The molecule has 0 aromatic carbocycles. The molecule has 1 aliphatic heterocycles. The van der Waals surface area contributed by atoms with Crippen LogP contribution in [0.25, 0.3) is 0 Å². The number of likely N-dealkylation sites (N-methyl/N-ethyl adjacent to an activating group) is 1. The van der Waals surface area contributed by atoms with Crippen LogP contribution in [0.1, 0.15) is 23.9 Å². The van der Waals surface area contributed by atoms with Crippen molar-refractivity contribution in [2.45, 2.75) is 18.9 Å². The highest BCUT2D eigenvalue weighted by molar-refractivity contribution is 5.76. The molecule has 6 heteroatoms. The minimum Gasteiger partial charge on any atom is -0.347 e. The highest BCUT2D eigenvalue weighted by Crippen LogP contribution is 2.21. The summed E-state index contributed by atoms with van der Waals surface area (Å²) in [5.41, 5.74) is 1.15. The number of nitrogens with one attached hydrogen (secondary N) is 1. The summed E-state index contributed by atoms with van der Waals surface area (Å²) in [7, 11) is 2.08. The Bertz CT molecular complexity index is 598. The van der Waals surface area contributed by atoms with E-state index in [0.29, 0.717) is 13.0 Å². The number of aryl methyl sites for hydroxylation is 1. The second-order valence-corrected chi connectivity index (χ2v) is 5.67. The summed E-state index contributed by atoms with van der Waals surface area (Å²) >= 11 is 0. The average Bonchev–Trinajstić information content (AvgIpc) is 3.08. The van der Waals surface area contributed by atoms with Crippen LogP contribution in [0.2, 0.25) is 0 Å². The van der Waals surface area contributed by atoms with Crippen molar-refractivity contribution in [2.75, 3.05) is 26.7 Å². The zero-order valence-corrected chi connectivity index (χ0v) is 12.8. The lowest BCUT2D eigenvalue weighted by Crippen LogP contribution is -2.49. The van der Waals surface area contributed by atoms with Gasteiger partial charge in [-0.2, -0.15) is 0 Å². The quantitative estimate of drug-likeness (QED) is 0.923. The van der Waals surface area contributed by atoms with Crippen LogP contribution in [0.5, 0.6) is 0 Å². The second kappa shape index (κ2) is 6.70. The first-order chi connectivity index (χ1) is 10.7. The Morgan fingerprint density at radius 2 is 2.14 bits per heavy atom. The molecule has 6 nitrogen and oxygen atoms in total. The number of rotatable bonds is 4. The molecule has 1 amide bonds. The summed E-state index contributed by atoms with van der Waals surface area (Å²) in [5, 5.41) is 0. The minimum absolute atomic E-state index is 0.147. The van der Waals surface area contributed by atoms with Crippen LogP contribution in [-0.4, -0.2) is 57.3 Å². The van der Waals surface area contributed by atoms with Gasteiger partial charge in [0.25, 0.3) is 0 Å². The van der Waals surface area contributed by atoms with Gasteiger partial charge in [0, 0.05) is 50.8 Å². The van der Waals surface area contributed by atoms with Crippen molar-refractivity contribution in [3.05, 3.63) is 48.3 Å². The number of nitrogens with zero attached hydrogens (tertiary/aromatic N) is 4. The number of piperazine rings is 1. The monoisotopic (exact) mass is 299 g/mol. The predicted molar refractivity (Wildman–Crippen MR) is 83.1 cm³/mol. The van der Waals surface area contributed by atoms with E-state index in [9.17, 15) is 4.79 Å². The third kappa shape index (κ3) is 3.33. The van der Waals surface area contributed by atoms with Crippen molar-refractivity contribution in [2.24, 2.45) is 0 Å². The van der Waals surface area contributed by atoms with Gasteiger partial charge >= 0.3 is 0 Å². The number of carbonyl (C=O) groups is 1. The first kappa shape index (κ1) is 14.7. The average molecular weight is 299 g/mol. The second-order valence-electron chi connectivity index (χ2n) is 5.67. The lowest BCUT2D eigenvalue weighted by Gasteiger charge is -2.38. The van der Waals surface area contributed by atoms with E-state index in [-0.39, 0.29) is 11.9 Å². The molecule has 0 spiro atoms. The molecule has 0 radical (unpaired) electrons. The van der Waals surface area contributed by atoms with Crippen LogP contribution in [0.3, 0.4) is 0 Å². The number of aromatic nitrogens is 3. The molecule has 0 unspecified atom stereocenters. The molecule has 0 saturated carbocycles. The molecule has 1 aliphatic rings. The third-order valence-electron chi connectivity index (χ3n) is 4.21. The molecule has 1 N–H and O–H groups in total. The zero-order chi connectivity index (χ0) is 15.4. The Kier molecular flexibility index (Phi) is 4.48. The Hall–Kier alpha value is -2.21. The Balaban J connectivity index is 1.58. The number of pyridine rings is 1. The Morgan fingerprint density at radius 3 is 2.86 bits per heavy atom. The van der Waals surface area contributed by atoms with E-state index in [1.54, 1.807) is 18.6 Å². The van der Waals surface area contributed by atoms with Gasteiger partial charge in [-0.05, 0) is 31.2 Å². The number of amides is 1. The van der Waals surface area contributed by atoms with E-state index in [2.05, 4.69) is 26.9 Å². The molecule has 3 heterocycles. The summed E-state index contributed by atoms with van der Waals surface area (Å²) in [6.07, 6.45) is 8.42. The van der Waals surface area contributed by atoms with Gasteiger partial charge in [0.05, 0.1) is 6.04 Å². The zero-order valence-electron chi connectivity index (χ0n) is 12.8. The van der Waals surface area contributed by atoms with Crippen LogP contribution in [0.4, 0.5) is 0 Å². The van der Waals surface area contributed by atoms with Crippen molar-refractivity contribution >= 4 is 5.91 Å². The van der Waals surface area contributed by atoms with Gasteiger partial charge in [-0.1, -0.05) is 0 Å². The van der Waals surface area contributed by atoms with E-state index in [1.165, 1.54) is 0 Å². The number of imidazole rings is 1. The number of hydrogen-bond donors (Lipinski definition) is 1. The van der Waals surface area contributed by atoms with E-state index in [1.807, 2.05) is 23.2 Å². The smallest absolute Gasteiger partial charge is 0.223 e. The Morgan fingerprint density at radius 1 is 1.32 bits per heavy atom. The van der Waals surface area contributed by atoms with Gasteiger partial charge in [0.15, 0.2) is 0 Å². The minimum atomic E-state index is 0.147. The van der Waals surface area contributed by atoms with Crippen molar-refractivity contribution in [1.82, 2.24) is 24.8 Å². The molecule has 22 heavy (non-hydrogen) atoms. The van der Waals surface area contributed by atoms with Crippen molar-refractivity contribution in [1.29, 1.82) is 0 Å². The summed E-state index contributed by atoms with van der Waals surface area (Å²) in [6.45, 7) is 2.34. The van der Waals surface area contributed by atoms with Crippen molar-refractivity contribution in [3.8, 4) is 0 Å². The van der Waals surface area contributed by atoms with Gasteiger partial charge in [0.2, 0.25) is 5.91 Å². The molecule has 2 aromatic rings. The maximum Gasteiger partial charge on any atom is 0.223 e. The van der Waals surface area contributed by atoms with E-state index in [0.717, 1.165) is 30.9 Å². The van der Waals surface area contributed by atoms with Crippen LogP contribution in [0, 0.1) is 0 Å². The van der Waals surface area contributed by atoms with Gasteiger partial charge in [-0.25, -0.2) is 4.98 Å². The Labute approximate surface area is 130 Å². The van der Waals surface area contributed by atoms with Gasteiger partial charge in [-0.15, -0.1) is 0 Å². The van der Waals surface area contributed by atoms with E-state index >= 15 is 0 Å². The molecular weight excluding hydrogens is 278 g/mol. The fourth-order valence-electron chi connectivity index (χ4n) is 2.81. The topological polar surface area (TPSA) is 65.1 Å². The maximum absolute atomic E-state index is 12.5. The number of hydrogen-bond acceptors (Lipinski definition) is 4. The van der Waals surface area contributed by atoms with Gasteiger partial charge < -0.3 is 9.88 Å². The first-order valence-corrected chi connectivity index (χ1v) is 7.60.